The molecule has 0 bridgehead atoms. The Labute approximate surface area is 115 Å². The minimum Gasteiger partial charge on any atom is -0.322 e. The van der Waals surface area contributed by atoms with Gasteiger partial charge in [-0.15, -0.1) is 0 Å². The second-order valence-corrected chi connectivity index (χ2v) is 6.59. The van der Waals surface area contributed by atoms with Crippen molar-refractivity contribution in [3.8, 4) is 0 Å². The molecule has 0 fully saturated rings. The van der Waals surface area contributed by atoms with Crippen LogP contribution >= 0.6 is 17.9 Å². The van der Waals surface area contributed by atoms with E-state index in [-0.39, 0.29) is 51.4 Å². The maximum atomic E-state index is 5.04. The Morgan fingerprint density at radius 3 is 1.80 bits per heavy atom. The van der Waals surface area contributed by atoms with E-state index in [0.717, 1.165) is 0 Å². The van der Waals surface area contributed by atoms with Crippen molar-refractivity contribution in [1.82, 2.24) is 0 Å². The van der Waals surface area contributed by atoms with E-state index in [4.69, 9.17) is 20.9 Å². The first-order valence-electron chi connectivity index (χ1n) is 2.74. The van der Waals surface area contributed by atoms with Gasteiger partial charge in [0.25, 0.3) is 0 Å². The summed E-state index contributed by atoms with van der Waals surface area (Å²) in [4.78, 5) is 0. The summed E-state index contributed by atoms with van der Waals surface area (Å²) in [5, 5.41) is 0. The molecule has 0 aromatic rings. The zero-order valence-electron chi connectivity index (χ0n) is 6.53. The third-order valence-corrected chi connectivity index (χ3v) is 3.08. The summed E-state index contributed by atoms with van der Waals surface area (Å²) in [5.74, 6) is 0. The maximum absolute atomic E-state index is 5.04. The largest absolute Gasteiger partial charge is 0.322 e. The van der Waals surface area contributed by atoms with Crippen LogP contribution in [0.5, 0.6) is 0 Å². The molecule has 57 valence electrons. The fourth-order valence-corrected chi connectivity index (χ4v) is 2.42. The number of thiol groups is 1. The molecule has 1 radical (unpaired) electrons. The van der Waals surface area contributed by atoms with Crippen molar-refractivity contribution in [2.45, 2.75) is 13.8 Å². The van der Waals surface area contributed by atoms with Crippen LogP contribution in [0.25, 0.3) is 0 Å². The second-order valence-electron chi connectivity index (χ2n) is 1.30. The van der Waals surface area contributed by atoms with Gasteiger partial charge in [-0.25, -0.2) is 0 Å². The Bertz CT molecular complexity index is 112. The van der Waals surface area contributed by atoms with Crippen LogP contribution in [0.3, 0.4) is 0 Å². The predicted molar refractivity (Wildman–Crippen MR) is 52.3 cm³/mol. The molecule has 0 aliphatic carbocycles. The Balaban J connectivity index is 0. The summed E-state index contributed by atoms with van der Waals surface area (Å²) >= 11 is 8.90. The molecule has 0 aliphatic rings. The first-order valence-corrected chi connectivity index (χ1v) is 6.53. The van der Waals surface area contributed by atoms with Crippen molar-refractivity contribution in [2.75, 3.05) is 13.2 Å². The van der Waals surface area contributed by atoms with Gasteiger partial charge in [0.2, 0.25) is 5.69 Å². The summed E-state index contributed by atoms with van der Waals surface area (Å²) in [6.07, 6.45) is 0. The van der Waals surface area contributed by atoms with E-state index in [1.807, 2.05) is 13.8 Å². The number of rotatable bonds is 4. The summed E-state index contributed by atoms with van der Waals surface area (Å²) in [5.41, 5.74) is -2.16. The Morgan fingerprint density at radius 1 is 1.30 bits per heavy atom. The zero-order chi connectivity index (χ0) is 7.33. The summed E-state index contributed by atoms with van der Waals surface area (Å²) in [6.45, 7) is 4.88. The van der Waals surface area contributed by atoms with Crippen molar-refractivity contribution >= 4 is 81.1 Å². The van der Waals surface area contributed by atoms with E-state index in [1.54, 1.807) is 0 Å². The molecule has 0 N–H and O–H groups in total. The van der Waals surface area contributed by atoms with Gasteiger partial charge in [0.15, 0.2) is 0 Å². The molecule has 0 atom stereocenters. The van der Waals surface area contributed by atoms with Crippen LogP contribution in [-0.4, -0.2) is 64.6 Å². The Kier molecular flexibility index (Phi) is 12.3. The van der Waals surface area contributed by atoms with Gasteiger partial charge in [0.05, 0.1) is 13.2 Å². The molecular weight excluding hydrogens is 214 g/mol. The van der Waals surface area contributed by atoms with Crippen LogP contribution in [0.4, 0.5) is 0 Å². The van der Waals surface area contributed by atoms with Crippen molar-refractivity contribution in [1.29, 1.82) is 0 Å². The standard InChI is InChI=1S/C4H11O2PS2.K/c1-3-5-7(8,9)6-4-2;/h3-4H2,1-2H3,(H,8,9);. The second kappa shape index (κ2) is 8.17. The molecule has 6 heteroatoms. The van der Waals surface area contributed by atoms with Crippen molar-refractivity contribution < 1.29 is 9.05 Å². The van der Waals surface area contributed by atoms with Gasteiger partial charge in [-0.1, -0.05) is 12.2 Å². The number of hydrogen-bond acceptors (Lipinski definition) is 3. The van der Waals surface area contributed by atoms with Gasteiger partial charge in [0, 0.05) is 51.4 Å². The van der Waals surface area contributed by atoms with Crippen LogP contribution in [0, 0.1) is 0 Å². The van der Waals surface area contributed by atoms with Gasteiger partial charge >= 0.3 is 0 Å². The molecule has 0 heterocycles. The molecule has 0 rings (SSSR count). The molecule has 2 nitrogen and oxygen atoms in total. The van der Waals surface area contributed by atoms with E-state index in [0.29, 0.717) is 13.2 Å². The van der Waals surface area contributed by atoms with E-state index >= 15 is 0 Å². The smallest absolute Gasteiger partial charge is 0.244 e. The molecule has 10 heavy (non-hydrogen) atoms. The molecule has 0 aromatic carbocycles. The summed E-state index contributed by atoms with van der Waals surface area (Å²) in [7, 11) is 0. The van der Waals surface area contributed by atoms with E-state index in [2.05, 4.69) is 12.2 Å². The molecule has 0 saturated heterocycles. The van der Waals surface area contributed by atoms with Gasteiger partial charge in [-0.05, 0) is 25.7 Å². The first kappa shape index (κ1) is 15.0. The molecule has 0 saturated carbocycles. The van der Waals surface area contributed by atoms with E-state index in [9.17, 15) is 0 Å². The molecule has 0 amide bonds. The Morgan fingerprint density at radius 2 is 1.60 bits per heavy atom. The van der Waals surface area contributed by atoms with Gasteiger partial charge in [-0.2, -0.15) is 0 Å². The third-order valence-electron chi connectivity index (χ3n) is 0.584. The fourth-order valence-electron chi connectivity index (χ4n) is 0.364. The van der Waals surface area contributed by atoms with E-state index in [1.165, 1.54) is 0 Å². The quantitative estimate of drug-likeness (QED) is 0.447. The predicted octanol–water partition coefficient (Wildman–Crippen LogP) is 1.83. The van der Waals surface area contributed by atoms with E-state index < -0.39 is 5.69 Å². The minimum atomic E-state index is -2.16. The third kappa shape index (κ3) is 8.65. The number of hydrogen-bond donors (Lipinski definition) is 1. The van der Waals surface area contributed by atoms with Crippen molar-refractivity contribution in [2.24, 2.45) is 0 Å². The first-order chi connectivity index (χ1) is 4.12. The topological polar surface area (TPSA) is 18.5 Å². The molecule has 0 spiro atoms. The zero-order valence-corrected chi connectivity index (χ0v) is 12.3. The maximum Gasteiger partial charge on any atom is 0.244 e. The SMILES string of the molecule is CCOP(=S)(S)OCC.[K]. The summed E-state index contributed by atoms with van der Waals surface area (Å²) in [6, 6.07) is 0. The fraction of sp³-hybridized carbons (Fsp3) is 1.00. The van der Waals surface area contributed by atoms with Crippen LogP contribution < -0.4 is 0 Å². The van der Waals surface area contributed by atoms with Crippen molar-refractivity contribution in [3.63, 3.8) is 0 Å². The van der Waals surface area contributed by atoms with Gasteiger partial charge in [0.1, 0.15) is 0 Å². The van der Waals surface area contributed by atoms with Gasteiger partial charge in [-0.3, -0.25) is 0 Å². The van der Waals surface area contributed by atoms with Crippen molar-refractivity contribution in [3.05, 3.63) is 0 Å². The molecular formula is C4H11KO2PS2. The average molecular weight is 225 g/mol. The normalized spacial score (nSPS) is 10.7. The molecule has 0 aromatic heterocycles. The Hall–Kier alpha value is 2.56. The van der Waals surface area contributed by atoms with Gasteiger partial charge < -0.3 is 9.05 Å². The average Bonchev–Trinajstić information content (AvgIpc) is 1.64. The summed E-state index contributed by atoms with van der Waals surface area (Å²) < 4.78 is 10.1. The van der Waals surface area contributed by atoms with Crippen LogP contribution in [0.15, 0.2) is 0 Å². The monoisotopic (exact) mass is 225 g/mol. The molecule has 0 aliphatic heterocycles. The van der Waals surface area contributed by atoms with Crippen LogP contribution in [0.1, 0.15) is 13.8 Å². The molecule has 0 unspecified atom stereocenters. The minimum absolute atomic E-state index is 0. The van der Waals surface area contributed by atoms with Crippen LogP contribution in [0.2, 0.25) is 0 Å². The van der Waals surface area contributed by atoms with Crippen LogP contribution in [-0.2, 0) is 20.9 Å².